The van der Waals surface area contributed by atoms with Crippen molar-refractivity contribution in [3.63, 3.8) is 0 Å². The summed E-state index contributed by atoms with van der Waals surface area (Å²) in [6, 6.07) is 9.58. The van der Waals surface area contributed by atoms with Crippen LogP contribution in [0, 0.1) is 17.5 Å². The maximum absolute atomic E-state index is 13.2. The normalized spacial score (nSPS) is 14.4. The van der Waals surface area contributed by atoms with Gasteiger partial charge in [-0.2, -0.15) is 0 Å². The fourth-order valence-electron chi connectivity index (χ4n) is 2.93. The fourth-order valence-corrected chi connectivity index (χ4v) is 2.93. The molecule has 0 saturated heterocycles. The first-order valence-corrected chi connectivity index (χ1v) is 9.01. The molecule has 2 aromatic rings. The predicted octanol–water partition coefficient (Wildman–Crippen LogP) is 1.41. The van der Waals surface area contributed by atoms with Gasteiger partial charge in [0.1, 0.15) is 12.4 Å². The number of amides is 2. The molecule has 1 saturated carbocycles. The minimum absolute atomic E-state index is 0.111. The summed E-state index contributed by atoms with van der Waals surface area (Å²) in [4.78, 5) is 25.1. The molecule has 0 aliphatic heterocycles. The third-order valence-electron chi connectivity index (χ3n) is 4.54. The molecule has 0 aromatic heterocycles. The van der Waals surface area contributed by atoms with Crippen LogP contribution in [-0.4, -0.2) is 30.9 Å². The average molecular weight is 392 g/mol. The summed E-state index contributed by atoms with van der Waals surface area (Å²) in [5.41, 5.74) is 1.05. The van der Waals surface area contributed by atoms with Crippen molar-refractivity contribution in [2.45, 2.75) is 25.4 Å². The van der Waals surface area contributed by atoms with E-state index in [1.807, 2.05) is 0 Å². The zero-order chi connectivity index (χ0) is 20.1. The van der Waals surface area contributed by atoms with Crippen molar-refractivity contribution in [2.75, 3.05) is 18.4 Å². The maximum atomic E-state index is 13.2. The first-order valence-electron chi connectivity index (χ1n) is 9.01. The van der Waals surface area contributed by atoms with Gasteiger partial charge >= 0.3 is 0 Å². The number of anilines is 1. The molecule has 0 radical (unpaired) electrons. The standard InChI is InChI=1S/C20H20F3N3O2/c21-14-3-1-13(2-4-14)11-26(16-6-7-16)12-20(28)24-10-19(27)25-15-5-8-17(22)18(23)9-15/h1-5,8-9,16H,6-7,10-12H2,(H,24,28)(H,25,27)/p+1. The number of hydrogen-bond donors (Lipinski definition) is 3. The van der Waals surface area contributed by atoms with Crippen LogP contribution in [0.4, 0.5) is 18.9 Å². The molecule has 28 heavy (non-hydrogen) atoms. The largest absolute Gasteiger partial charge is 0.342 e. The van der Waals surface area contributed by atoms with Gasteiger partial charge in [0.05, 0.1) is 12.6 Å². The van der Waals surface area contributed by atoms with Crippen LogP contribution in [-0.2, 0) is 16.1 Å². The van der Waals surface area contributed by atoms with Crippen molar-refractivity contribution >= 4 is 17.5 Å². The highest BCUT2D eigenvalue weighted by molar-refractivity contribution is 5.94. The Kier molecular flexibility index (Phi) is 6.30. The highest BCUT2D eigenvalue weighted by atomic mass is 19.2. The van der Waals surface area contributed by atoms with Gasteiger partial charge in [-0.25, -0.2) is 13.2 Å². The molecule has 0 bridgehead atoms. The molecule has 2 aromatic carbocycles. The highest BCUT2D eigenvalue weighted by Crippen LogP contribution is 2.16. The van der Waals surface area contributed by atoms with Crippen LogP contribution >= 0.6 is 0 Å². The van der Waals surface area contributed by atoms with E-state index in [9.17, 15) is 22.8 Å². The molecule has 0 heterocycles. The fraction of sp³-hybridized carbons (Fsp3) is 0.300. The number of nitrogens with one attached hydrogen (secondary N) is 3. The summed E-state index contributed by atoms with van der Waals surface area (Å²) in [6.07, 6.45) is 2.06. The second kappa shape index (κ2) is 8.88. The van der Waals surface area contributed by atoms with Crippen LogP contribution in [0.1, 0.15) is 18.4 Å². The predicted molar refractivity (Wildman–Crippen MR) is 97.0 cm³/mol. The Labute approximate surface area is 160 Å². The van der Waals surface area contributed by atoms with Crippen LogP contribution in [0.3, 0.4) is 0 Å². The van der Waals surface area contributed by atoms with E-state index in [0.717, 1.165) is 35.4 Å². The van der Waals surface area contributed by atoms with Crippen molar-refractivity contribution in [1.29, 1.82) is 0 Å². The average Bonchev–Trinajstić information content (AvgIpc) is 3.49. The lowest BCUT2D eigenvalue weighted by atomic mass is 10.2. The molecule has 0 spiro atoms. The molecule has 2 amide bonds. The van der Waals surface area contributed by atoms with Crippen LogP contribution in [0.25, 0.3) is 0 Å². The molecular formula is C20H21F3N3O2+. The van der Waals surface area contributed by atoms with Crippen LogP contribution in [0.15, 0.2) is 42.5 Å². The first kappa shape index (κ1) is 19.9. The molecule has 1 aliphatic carbocycles. The van der Waals surface area contributed by atoms with Gasteiger partial charge in [0, 0.05) is 30.2 Å². The van der Waals surface area contributed by atoms with Crippen LogP contribution < -0.4 is 15.5 Å². The molecule has 1 fully saturated rings. The summed E-state index contributed by atoms with van der Waals surface area (Å²) in [6.45, 7) is 0.520. The number of rotatable bonds is 8. The summed E-state index contributed by atoms with van der Waals surface area (Å²) in [5.74, 6) is -3.20. The minimum Gasteiger partial charge on any atom is -0.342 e. The second-order valence-electron chi connectivity index (χ2n) is 6.87. The monoisotopic (exact) mass is 392 g/mol. The highest BCUT2D eigenvalue weighted by Gasteiger charge is 2.34. The third kappa shape index (κ3) is 5.82. The van der Waals surface area contributed by atoms with E-state index in [2.05, 4.69) is 10.6 Å². The minimum atomic E-state index is -1.06. The number of hydrogen-bond acceptors (Lipinski definition) is 2. The lowest BCUT2D eigenvalue weighted by Gasteiger charge is -2.19. The zero-order valence-electron chi connectivity index (χ0n) is 15.1. The number of halogens is 3. The quantitative estimate of drug-likeness (QED) is 0.636. The summed E-state index contributed by atoms with van der Waals surface area (Å²) < 4.78 is 39.1. The van der Waals surface area contributed by atoms with Crippen LogP contribution in [0.2, 0.25) is 0 Å². The first-order chi connectivity index (χ1) is 13.4. The van der Waals surface area contributed by atoms with E-state index in [1.54, 1.807) is 12.1 Å². The maximum Gasteiger partial charge on any atom is 0.275 e. The molecule has 1 unspecified atom stereocenters. The Balaban J connectivity index is 1.47. The van der Waals surface area contributed by atoms with Gasteiger partial charge in [-0.15, -0.1) is 0 Å². The Morgan fingerprint density at radius 1 is 0.964 bits per heavy atom. The summed E-state index contributed by atoms with van der Waals surface area (Å²) in [7, 11) is 0. The molecule has 3 rings (SSSR count). The number of benzene rings is 2. The van der Waals surface area contributed by atoms with Crippen molar-refractivity contribution in [2.24, 2.45) is 0 Å². The zero-order valence-corrected chi connectivity index (χ0v) is 15.1. The summed E-state index contributed by atoms with van der Waals surface area (Å²) in [5, 5.41) is 4.93. The molecule has 8 heteroatoms. The van der Waals surface area contributed by atoms with E-state index < -0.39 is 17.5 Å². The van der Waals surface area contributed by atoms with E-state index in [1.165, 1.54) is 18.2 Å². The van der Waals surface area contributed by atoms with Gasteiger partial charge < -0.3 is 15.5 Å². The van der Waals surface area contributed by atoms with Crippen molar-refractivity contribution in [3.05, 3.63) is 65.5 Å². The topological polar surface area (TPSA) is 62.6 Å². The number of carbonyl (C=O) groups excluding carboxylic acids is 2. The van der Waals surface area contributed by atoms with E-state index >= 15 is 0 Å². The molecule has 1 aliphatic rings. The van der Waals surface area contributed by atoms with Gasteiger partial charge in [0.2, 0.25) is 5.91 Å². The number of carbonyl (C=O) groups is 2. The van der Waals surface area contributed by atoms with Crippen molar-refractivity contribution in [3.8, 4) is 0 Å². The van der Waals surface area contributed by atoms with Crippen LogP contribution in [0.5, 0.6) is 0 Å². The van der Waals surface area contributed by atoms with E-state index in [-0.39, 0.29) is 30.5 Å². The van der Waals surface area contributed by atoms with Gasteiger partial charge in [-0.3, -0.25) is 9.59 Å². The number of quaternary nitrogens is 1. The van der Waals surface area contributed by atoms with Gasteiger partial charge in [0.15, 0.2) is 18.2 Å². The molecule has 5 nitrogen and oxygen atoms in total. The molecular weight excluding hydrogens is 371 g/mol. The molecule has 1 atom stereocenters. The van der Waals surface area contributed by atoms with Crippen molar-refractivity contribution < 1.29 is 27.7 Å². The smallest absolute Gasteiger partial charge is 0.275 e. The Hall–Kier alpha value is -2.87. The van der Waals surface area contributed by atoms with Gasteiger partial charge in [0.25, 0.3) is 5.91 Å². The molecule has 148 valence electrons. The lowest BCUT2D eigenvalue weighted by molar-refractivity contribution is -0.917. The Morgan fingerprint density at radius 3 is 2.32 bits per heavy atom. The van der Waals surface area contributed by atoms with Gasteiger partial charge in [-0.05, 0) is 24.3 Å². The Bertz CT molecular complexity index is 854. The molecule has 3 N–H and O–H groups in total. The van der Waals surface area contributed by atoms with Gasteiger partial charge in [-0.1, -0.05) is 12.1 Å². The van der Waals surface area contributed by atoms with E-state index in [4.69, 9.17) is 0 Å². The SMILES string of the molecule is O=C(C[NH+](Cc1ccc(F)cc1)C1CC1)NCC(=O)Nc1ccc(F)c(F)c1. The summed E-state index contributed by atoms with van der Waals surface area (Å²) >= 11 is 0. The lowest BCUT2D eigenvalue weighted by Crippen LogP contribution is -3.13. The third-order valence-corrected chi connectivity index (χ3v) is 4.54. The van der Waals surface area contributed by atoms with E-state index in [0.29, 0.717) is 12.6 Å². The Morgan fingerprint density at radius 2 is 1.68 bits per heavy atom. The second-order valence-corrected chi connectivity index (χ2v) is 6.87. The van der Waals surface area contributed by atoms with Crippen molar-refractivity contribution in [1.82, 2.24) is 5.32 Å².